The number of hydrogen-bond acceptors (Lipinski definition) is 2. The summed E-state index contributed by atoms with van der Waals surface area (Å²) in [5.74, 6) is 0.838. The van der Waals surface area contributed by atoms with Crippen molar-refractivity contribution in [3.8, 4) is 0 Å². The Morgan fingerprint density at radius 3 is 2.71 bits per heavy atom. The van der Waals surface area contributed by atoms with E-state index in [-0.39, 0.29) is 24.4 Å². The number of carbonyl (C=O) groups is 1. The number of nitrogens with one attached hydrogen (secondary N) is 1. The quantitative estimate of drug-likeness (QED) is 0.800. The van der Waals surface area contributed by atoms with Gasteiger partial charge in [0.05, 0.1) is 6.04 Å². The molecule has 1 rings (SSSR count). The molecule has 102 valence electrons. The van der Waals surface area contributed by atoms with Crippen molar-refractivity contribution in [2.75, 3.05) is 0 Å². The molecular weight excluding hydrogens is 236 g/mol. The fourth-order valence-corrected chi connectivity index (χ4v) is 2.54. The largest absolute Gasteiger partial charge is 0.352 e. The van der Waals surface area contributed by atoms with Gasteiger partial charge in [0.25, 0.3) is 0 Å². The Kier molecular flexibility index (Phi) is 8.61. The first-order chi connectivity index (χ1) is 7.67. The molecule has 17 heavy (non-hydrogen) atoms. The molecule has 0 bridgehead atoms. The summed E-state index contributed by atoms with van der Waals surface area (Å²) in [6, 6.07) is 0.0566. The third-order valence-corrected chi connectivity index (χ3v) is 3.64. The number of amides is 1. The molecular formula is C13H27ClN2O. The molecule has 1 fully saturated rings. The van der Waals surface area contributed by atoms with E-state index in [0.717, 1.165) is 31.6 Å². The Hall–Kier alpha value is -0.280. The molecule has 1 aliphatic carbocycles. The van der Waals surface area contributed by atoms with Gasteiger partial charge in [-0.05, 0) is 25.2 Å². The van der Waals surface area contributed by atoms with Gasteiger partial charge in [-0.25, -0.2) is 0 Å². The van der Waals surface area contributed by atoms with E-state index in [0.29, 0.717) is 6.04 Å². The molecule has 0 saturated heterocycles. The Bertz CT molecular complexity index is 223. The van der Waals surface area contributed by atoms with E-state index < -0.39 is 0 Å². The molecule has 0 aromatic carbocycles. The van der Waals surface area contributed by atoms with Gasteiger partial charge in [-0.15, -0.1) is 12.4 Å². The van der Waals surface area contributed by atoms with Crippen LogP contribution in [-0.4, -0.2) is 18.0 Å². The number of hydrogen-bond donors (Lipinski definition) is 2. The molecule has 4 heteroatoms. The predicted octanol–water partition coefficient (Wildman–Crippen LogP) is 2.62. The first-order valence-corrected chi connectivity index (χ1v) is 6.73. The molecule has 1 aliphatic rings. The van der Waals surface area contributed by atoms with Gasteiger partial charge in [-0.2, -0.15) is 0 Å². The lowest BCUT2D eigenvalue weighted by molar-refractivity contribution is -0.123. The van der Waals surface area contributed by atoms with Crippen LogP contribution >= 0.6 is 12.4 Å². The zero-order valence-corrected chi connectivity index (χ0v) is 11.9. The van der Waals surface area contributed by atoms with Crippen molar-refractivity contribution >= 4 is 18.3 Å². The standard InChI is InChI=1S/C13H26N2O.ClH/c1-3-6-12(14)13(16)15-11-8-5-7-10(4-2)9-11;/h10-12H,3-9,14H2,1-2H3,(H,15,16);1H. The molecule has 1 amide bonds. The van der Waals surface area contributed by atoms with Crippen LogP contribution in [0.1, 0.15) is 58.8 Å². The summed E-state index contributed by atoms with van der Waals surface area (Å²) in [5.41, 5.74) is 5.80. The van der Waals surface area contributed by atoms with E-state index in [1.54, 1.807) is 0 Å². The third-order valence-electron chi connectivity index (χ3n) is 3.64. The van der Waals surface area contributed by atoms with Crippen LogP contribution < -0.4 is 11.1 Å². The Morgan fingerprint density at radius 2 is 2.12 bits per heavy atom. The summed E-state index contributed by atoms with van der Waals surface area (Å²) in [6.45, 7) is 4.29. The predicted molar refractivity (Wildman–Crippen MR) is 74.3 cm³/mol. The fraction of sp³-hybridized carbons (Fsp3) is 0.923. The minimum absolute atomic E-state index is 0. The molecule has 1 saturated carbocycles. The van der Waals surface area contributed by atoms with Crippen LogP contribution in [0.3, 0.4) is 0 Å². The van der Waals surface area contributed by atoms with Crippen LogP contribution in [-0.2, 0) is 4.79 Å². The second-order valence-corrected chi connectivity index (χ2v) is 5.04. The van der Waals surface area contributed by atoms with Crippen molar-refractivity contribution in [3.63, 3.8) is 0 Å². The smallest absolute Gasteiger partial charge is 0.237 e. The van der Waals surface area contributed by atoms with Gasteiger partial charge in [0, 0.05) is 6.04 Å². The molecule has 0 spiro atoms. The molecule has 0 aliphatic heterocycles. The molecule has 3 nitrogen and oxygen atoms in total. The highest BCUT2D eigenvalue weighted by atomic mass is 35.5. The van der Waals surface area contributed by atoms with Crippen molar-refractivity contribution in [2.45, 2.75) is 70.9 Å². The van der Waals surface area contributed by atoms with Gasteiger partial charge in [0.1, 0.15) is 0 Å². The second kappa shape index (κ2) is 8.76. The number of rotatable bonds is 5. The Morgan fingerprint density at radius 1 is 1.41 bits per heavy atom. The molecule has 3 N–H and O–H groups in total. The van der Waals surface area contributed by atoms with Crippen LogP contribution in [0.4, 0.5) is 0 Å². The molecule has 3 unspecified atom stereocenters. The lowest BCUT2D eigenvalue weighted by Crippen LogP contribution is -2.46. The molecule has 0 radical (unpaired) electrons. The van der Waals surface area contributed by atoms with Crippen LogP contribution in [0.5, 0.6) is 0 Å². The average Bonchev–Trinajstić information content (AvgIpc) is 2.29. The van der Waals surface area contributed by atoms with E-state index in [1.807, 2.05) is 0 Å². The lowest BCUT2D eigenvalue weighted by Gasteiger charge is -2.29. The Balaban J connectivity index is 0.00000256. The first kappa shape index (κ1) is 16.7. The summed E-state index contributed by atoms with van der Waals surface area (Å²) in [6.07, 6.45) is 7.82. The average molecular weight is 263 g/mol. The van der Waals surface area contributed by atoms with Crippen molar-refractivity contribution in [1.82, 2.24) is 5.32 Å². The van der Waals surface area contributed by atoms with E-state index in [9.17, 15) is 4.79 Å². The summed E-state index contributed by atoms with van der Waals surface area (Å²) in [4.78, 5) is 11.8. The summed E-state index contributed by atoms with van der Waals surface area (Å²) in [5, 5.41) is 3.10. The van der Waals surface area contributed by atoms with Crippen LogP contribution in [0, 0.1) is 5.92 Å². The maximum Gasteiger partial charge on any atom is 0.237 e. The molecule has 0 aromatic rings. The number of halogens is 1. The summed E-state index contributed by atoms with van der Waals surface area (Å²) >= 11 is 0. The number of carbonyl (C=O) groups excluding carboxylic acids is 1. The van der Waals surface area contributed by atoms with Gasteiger partial charge in [0.2, 0.25) is 5.91 Å². The highest BCUT2D eigenvalue weighted by Gasteiger charge is 2.23. The van der Waals surface area contributed by atoms with Crippen molar-refractivity contribution in [3.05, 3.63) is 0 Å². The van der Waals surface area contributed by atoms with E-state index in [1.165, 1.54) is 19.3 Å². The van der Waals surface area contributed by atoms with E-state index in [4.69, 9.17) is 5.73 Å². The van der Waals surface area contributed by atoms with Gasteiger partial charge in [0.15, 0.2) is 0 Å². The third kappa shape index (κ3) is 5.73. The molecule has 0 heterocycles. The second-order valence-electron chi connectivity index (χ2n) is 5.04. The lowest BCUT2D eigenvalue weighted by atomic mass is 9.84. The minimum atomic E-state index is -0.313. The molecule has 3 atom stereocenters. The van der Waals surface area contributed by atoms with Crippen molar-refractivity contribution < 1.29 is 4.79 Å². The Labute approximate surface area is 111 Å². The maximum absolute atomic E-state index is 11.8. The summed E-state index contributed by atoms with van der Waals surface area (Å²) < 4.78 is 0. The van der Waals surface area contributed by atoms with Gasteiger partial charge in [-0.3, -0.25) is 4.79 Å². The van der Waals surface area contributed by atoms with Gasteiger partial charge >= 0.3 is 0 Å². The topological polar surface area (TPSA) is 55.1 Å². The highest BCUT2D eigenvalue weighted by Crippen LogP contribution is 2.26. The van der Waals surface area contributed by atoms with Crippen LogP contribution in [0.15, 0.2) is 0 Å². The maximum atomic E-state index is 11.8. The van der Waals surface area contributed by atoms with E-state index in [2.05, 4.69) is 19.2 Å². The first-order valence-electron chi connectivity index (χ1n) is 6.73. The normalized spacial score (nSPS) is 25.8. The van der Waals surface area contributed by atoms with Crippen LogP contribution in [0.2, 0.25) is 0 Å². The fourth-order valence-electron chi connectivity index (χ4n) is 2.54. The van der Waals surface area contributed by atoms with Gasteiger partial charge < -0.3 is 11.1 Å². The van der Waals surface area contributed by atoms with Crippen molar-refractivity contribution in [1.29, 1.82) is 0 Å². The monoisotopic (exact) mass is 262 g/mol. The SMILES string of the molecule is CCCC(N)C(=O)NC1CCCC(CC)C1.Cl. The van der Waals surface area contributed by atoms with Crippen molar-refractivity contribution in [2.24, 2.45) is 11.7 Å². The number of nitrogens with two attached hydrogens (primary N) is 1. The zero-order chi connectivity index (χ0) is 12.0. The molecule has 0 aromatic heterocycles. The van der Waals surface area contributed by atoms with Crippen LogP contribution in [0.25, 0.3) is 0 Å². The zero-order valence-electron chi connectivity index (χ0n) is 11.1. The van der Waals surface area contributed by atoms with E-state index >= 15 is 0 Å². The minimum Gasteiger partial charge on any atom is -0.352 e. The van der Waals surface area contributed by atoms with Gasteiger partial charge in [-0.1, -0.05) is 39.5 Å². The highest BCUT2D eigenvalue weighted by molar-refractivity contribution is 5.85. The summed E-state index contributed by atoms with van der Waals surface area (Å²) in [7, 11) is 0.